The molecule has 0 bridgehead atoms. The Kier molecular flexibility index (Phi) is 4.90. The Morgan fingerprint density at radius 1 is 1.10 bits per heavy atom. The first-order valence-electron chi connectivity index (χ1n) is 6.41. The molecule has 1 N–H and O–H groups in total. The lowest BCUT2D eigenvalue weighted by Crippen LogP contribution is -2.34. The Bertz CT molecular complexity index is 646. The first-order valence-corrected chi connectivity index (χ1v) is 7.29. The first kappa shape index (κ1) is 15.0. The van der Waals surface area contributed by atoms with Crippen LogP contribution in [0.2, 0.25) is 0 Å². The molecule has 2 amide bonds. The number of amides is 2. The lowest BCUT2D eigenvalue weighted by molar-refractivity contribution is -0.124. The standard InChI is InChI=1S/C16H16N2O2S/c1-18(2)16(20)14(11-13-9-6-10-21-13)17-15(19)12-7-4-3-5-8-12/h3-11H,1-2H3,(H,17,19). The summed E-state index contributed by atoms with van der Waals surface area (Å²) in [6.45, 7) is 0. The van der Waals surface area contributed by atoms with E-state index in [0.717, 1.165) is 4.88 Å². The molecule has 0 aliphatic carbocycles. The average molecular weight is 300 g/mol. The SMILES string of the molecule is CN(C)C(=O)C(=Cc1cccs1)NC(=O)c1ccccc1. The van der Waals surface area contributed by atoms with Crippen molar-refractivity contribution >= 4 is 29.2 Å². The molecule has 0 spiro atoms. The van der Waals surface area contributed by atoms with Crippen LogP contribution in [-0.4, -0.2) is 30.8 Å². The Labute approximate surface area is 127 Å². The predicted molar refractivity (Wildman–Crippen MR) is 84.9 cm³/mol. The number of hydrogen-bond acceptors (Lipinski definition) is 3. The van der Waals surface area contributed by atoms with Gasteiger partial charge in [-0.15, -0.1) is 11.3 Å². The Morgan fingerprint density at radius 2 is 1.81 bits per heavy atom. The molecular weight excluding hydrogens is 284 g/mol. The van der Waals surface area contributed by atoms with Crippen LogP contribution in [0.5, 0.6) is 0 Å². The Balaban J connectivity index is 2.25. The third-order valence-electron chi connectivity index (χ3n) is 2.75. The van der Waals surface area contributed by atoms with Crippen molar-refractivity contribution in [3.05, 3.63) is 64.0 Å². The third kappa shape index (κ3) is 4.03. The molecule has 108 valence electrons. The highest BCUT2D eigenvalue weighted by Crippen LogP contribution is 2.13. The van der Waals surface area contributed by atoms with Crippen LogP contribution in [0.1, 0.15) is 15.2 Å². The second kappa shape index (κ2) is 6.85. The minimum Gasteiger partial charge on any atom is -0.344 e. The van der Waals surface area contributed by atoms with Crippen molar-refractivity contribution in [3.8, 4) is 0 Å². The molecule has 1 aromatic heterocycles. The van der Waals surface area contributed by atoms with Crippen molar-refractivity contribution in [1.82, 2.24) is 10.2 Å². The smallest absolute Gasteiger partial charge is 0.269 e. The van der Waals surface area contributed by atoms with Gasteiger partial charge in [0.15, 0.2) is 0 Å². The van der Waals surface area contributed by atoms with Crippen molar-refractivity contribution in [3.63, 3.8) is 0 Å². The van der Waals surface area contributed by atoms with E-state index in [-0.39, 0.29) is 17.5 Å². The Hall–Kier alpha value is -2.40. The fraction of sp³-hybridized carbons (Fsp3) is 0.125. The maximum absolute atomic E-state index is 12.2. The van der Waals surface area contributed by atoms with Gasteiger partial charge in [-0.05, 0) is 29.7 Å². The van der Waals surface area contributed by atoms with Crippen LogP contribution in [0, 0.1) is 0 Å². The van der Waals surface area contributed by atoms with Gasteiger partial charge in [0.25, 0.3) is 11.8 Å². The predicted octanol–water partition coefficient (Wildman–Crippen LogP) is 2.61. The number of hydrogen-bond donors (Lipinski definition) is 1. The molecule has 1 heterocycles. The number of benzene rings is 1. The van der Waals surface area contributed by atoms with Gasteiger partial charge in [-0.2, -0.15) is 0 Å². The number of rotatable bonds is 4. The largest absolute Gasteiger partial charge is 0.344 e. The summed E-state index contributed by atoms with van der Waals surface area (Å²) in [5.41, 5.74) is 0.775. The molecule has 0 atom stereocenters. The Morgan fingerprint density at radius 3 is 2.38 bits per heavy atom. The molecule has 0 aliphatic rings. The molecule has 21 heavy (non-hydrogen) atoms. The van der Waals surface area contributed by atoms with E-state index in [0.29, 0.717) is 5.56 Å². The molecule has 0 fully saturated rings. The van der Waals surface area contributed by atoms with E-state index in [4.69, 9.17) is 0 Å². The first-order chi connectivity index (χ1) is 10.1. The number of nitrogens with one attached hydrogen (secondary N) is 1. The van der Waals surface area contributed by atoms with E-state index in [1.54, 1.807) is 44.4 Å². The molecule has 0 saturated carbocycles. The van der Waals surface area contributed by atoms with Crippen molar-refractivity contribution in [2.24, 2.45) is 0 Å². The van der Waals surface area contributed by atoms with E-state index in [9.17, 15) is 9.59 Å². The molecule has 1 aromatic carbocycles. The van der Waals surface area contributed by atoms with Crippen LogP contribution in [0.15, 0.2) is 53.5 Å². The van der Waals surface area contributed by atoms with Crippen molar-refractivity contribution in [2.75, 3.05) is 14.1 Å². The minimum atomic E-state index is -0.298. The highest BCUT2D eigenvalue weighted by Gasteiger charge is 2.16. The van der Waals surface area contributed by atoms with Gasteiger partial charge in [0, 0.05) is 24.5 Å². The van der Waals surface area contributed by atoms with Crippen LogP contribution >= 0.6 is 11.3 Å². The van der Waals surface area contributed by atoms with Crippen molar-refractivity contribution in [2.45, 2.75) is 0 Å². The second-order valence-corrected chi connectivity index (χ2v) is 5.57. The van der Waals surface area contributed by atoms with Crippen LogP contribution < -0.4 is 5.32 Å². The van der Waals surface area contributed by atoms with E-state index in [1.165, 1.54) is 16.2 Å². The summed E-state index contributed by atoms with van der Waals surface area (Å²) in [5.74, 6) is -0.540. The topological polar surface area (TPSA) is 49.4 Å². The monoisotopic (exact) mass is 300 g/mol. The fourth-order valence-electron chi connectivity index (χ4n) is 1.69. The van der Waals surface area contributed by atoms with Crippen LogP contribution in [-0.2, 0) is 4.79 Å². The lowest BCUT2D eigenvalue weighted by Gasteiger charge is -2.14. The van der Waals surface area contributed by atoms with E-state index in [2.05, 4.69) is 5.32 Å². The number of likely N-dealkylation sites (N-methyl/N-ethyl adjacent to an activating group) is 1. The van der Waals surface area contributed by atoms with Gasteiger partial charge in [-0.3, -0.25) is 9.59 Å². The van der Waals surface area contributed by atoms with Gasteiger partial charge in [0.05, 0.1) is 0 Å². The molecule has 0 aliphatic heterocycles. The number of nitrogens with zero attached hydrogens (tertiary/aromatic N) is 1. The zero-order chi connectivity index (χ0) is 15.2. The summed E-state index contributed by atoms with van der Waals surface area (Å²) in [6, 6.07) is 12.6. The van der Waals surface area contributed by atoms with Crippen LogP contribution in [0.3, 0.4) is 0 Å². The van der Waals surface area contributed by atoms with Crippen molar-refractivity contribution < 1.29 is 9.59 Å². The maximum Gasteiger partial charge on any atom is 0.269 e. The maximum atomic E-state index is 12.2. The van der Waals surface area contributed by atoms with Gasteiger partial charge in [-0.25, -0.2) is 0 Å². The number of carbonyl (C=O) groups is 2. The minimum absolute atomic E-state index is 0.243. The molecule has 2 rings (SSSR count). The van der Waals surface area contributed by atoms with Crippen LogP contribution in [0.25, 0.3) is 6.08 Å². The summed E-state index contributed by atoms with van der Waals surface area (Å²) in [5, 5.41) is 4.61. The summed E-state index contributed by atoms with van der Waals surface area (Å²) in [4.78, 5) is 26.7. The van der Waals surface area contributed by atoms with E-state index < -0.39 is 0 Å². The zero-order valence-electron chi connectivity index (χ0n) is 11.9. The number of carbonyl (C=O) groups excluding carboxylic acids is 2. The van der Waals surface area contributed by atoms with Gasteiger partial charge in [0.2, 0.25) is 0 Å². The van der Waals surface area contributed by atoms with Gasteiger partial charge >= 0.3 is 0 Å². The molecule has 0 saturated heterocycles. The highest BCUT2D eigenvalue weighted by atomic mass is 32.1. The normalized spacial score (nSPS) is 11.0. The molecule has 0 radical (unpaired) electrons. The van der Waals surface area contributed by atoms with E-state index >= 15 is 0 Å². The van der Waals surface area contributed by atoms with E-state index in [1.807, 2.05) is 23.6 Å². The second-order valence-electron chi connectivity index (χ2n) is 4.59. The zero-order valence-corrected chi connectivity index (χ0v) is 12.7. The van der Waals surface area contributed by atoms with Gasteiger partial charge < -0.3 is 10.2 Å². The molecule has 2 aromatic rings. The van der Waals surface area contributed by atoms with Crippen LogP contribution in [0.4, 0.5) is 0 Å². The summed E-state index contributed by atoms with van der Waals surface area (Å²) < 4.78 is 0. The third-order valence-corrected chi connectivity index (χ3v) is 3.57. The quantitative estimate of drug-likeness (QED) is 0.882. The molecule has 0 unspecified atom stereocenters. The average Bonchev–Trinajstić information content (AvgIpc) is 2.99. The summed E-state index contributed by atoms with van der Waals surface area (Å²) in [6.07, 6.45) is 1.69. The molecule has 5 heteroatoms. The van der Waals surface area contributed by atoms with Gasteiger partial charge in [0.1, 0.15) is 5.70 Å². The van der Waals surface area contributed by atoms with Gasteiger partial charge in [-0.1, -0.05) is 24.3 Å². The summed E-state index contributed by atoms with van der Waals surface area (Å²) in [7, 11) is 3.30. The number of thiophene rings is 1. The molecule has 4 nitrogen and oxygen atoms in total. The fourth-order valence-corrected chi connectivity index (χ4v) is 2.35. The summed E-state index contributed by atoms with van der Waals surface area (Å²) >= 11 is 1.50. The molecular formula is C16H16N2O2S. The van der Waals surface area contributed by atoms with Crippen molar-refractivity contribution in [1.29, 1.82) is 0 Å². The lowest BCUT2D eigenvalue weighted by atomic mass is 10.2. The highest BCUT2D eigenvalue weighted by molar-refractivity contribution is 7.10.